The van der Waals surface area contributed by atoms with E-state index in [-0.39, 0.29) is 0 Å². The summed E-state index contributed by atoms with van der Waals surface area (Å²) in [5.74, 6) is 0.883. The van der Waals surface area contributed by atoms with Crippen molar-refractivity contribution in [3.63, 3.8) is 0 Å². The van der Waals surface area contributed by atoms with Crippen LogP contribution in [0.25, 0.3) is 0 Å². The summed E-state index contributed by atoms with van der Waals surface area (Å²) in [6.07, 6.45) is 6.52. The number of nitrogens with zero attached hydrogens (tertiary/aromatic N) is 3. The van der Waals surface area contributed by atoms with Gasteiger partial charge in [0.05, 0.1) is 5.01 Å². The molecule has 146 valence electrons. The van der Waals surface area contributed by atoms with Crippen LogP contribution in [0.3, 0.4) is 0 Å². The number of aliphatic imine (C=N–C) groups is 1. The van der Waals surface area contributed by atoms with Crippen molar-refractivity contribution < 1.29 is 0 Å². The van der Waals surface area contributed by atoms with Crippen LogP contribution in [0.15, 0.2) is 41.5 Å². The van der Waals surface area contributed by atoms with Crippen molar-refractivity contribution >= 4 is 17.3 Å². The summed E-state index contributed by atoms with van der Waals surface area (Å²) in [6, 6.07) is 11.3. The Balaban J connectivity index is 1.41. The summed E-state index contributed by atoms with van der Waals surface area (Å²) in [4.78, 5) is 12.8. The van der Waals surface area contributed by atoms with Crippen LogP contribution >= 0.6 is 11.3 Å². The average molecular weight is 386 g/mol. The molecule has 1 aromatic heterocycles. The van der Waals surface area contributed by atoms with Gasteiger partial charge >= 0.3 is 0 Å². The molecule has 1 fully saturated rings. The lowest BCUT2D eigenvalue weighted by molar-refractivity contribution is 0.245. The van der Waals surface area contributed by atoms with Crippen molar-refractivity contribution in [3.05, 3.63) is 52.0 Å². The third-order valence-electron chi connectivity index (χ3n) is 5.04. The molecule has 2 aromatic rings. The van der Waals surface area contributed by atoms with Crippen molar-refractivity contribution in [2.75, 3.05) is 26.7 Å². The molecule has 0 spiro atoms. The molecule has 0 saturated carbocycles. The van der Waals surface area contributed by atoms with E-state index in [1.165, 1.54) is 34.8 Å². The van der Waals surface area contributed by atoms with Crippen molar-refractivity contribution in [2.45, 2.75) is 45.2 Å². The van der Waals surface area contributed by atoms with Gasteiger partial charge in [0.15, 0.2) is 5.96 Å². The van der Waals surface area contributed by atoms with E-state index < -0.39 is 0 Å². The van der Waals surface area contributed by atoms with Gasteiger partial charge in [-0.3, -0.25) is 9.89 Å². The normalized spacial score (nSPS) is 18.0. The quantitative estimate of drug-likeness (QED) is 0.542. The Morgan fingerprint density at radius 3 is 2.89 bits per heavy atom. The third-order valence-corrected chi connectivity index (χ3v) is 6.24. The Morgan fingerprint density at radius 2 is 2.15 bits per heavy atom. The Bertz CT molecular complexity index is 712. The molecule has 2 N–H and O–H groups in total. The van der Waals surface area contributed by atoms with E-state index in [0.29, 0.717) is 6.04 Å². The smallest absolute Gasteiger partial charge is 0.191 e. The van der Waals surface area contributed by atoms with Gasteiger partial charge in [-0.15, -0.1) is 11.3 Å². The Labute approximate surface area is 166 Å². The molecule has 0 aliphatic carbocycles. The predicted octanol–water partition coefficient (Wildman–Crippen LogP) is 3.08. The van der Waals surface area contributed by atoms with E-state index in [0.717, 1.165) is 38.4 Å². The van der Waals surface area contributed by atoms with Crippen LogP contribution in [0, 0.1) is 0 Å². The number of rotatable bonds is 8. The monoisotopic (exact) mass is 385 g/mol. The highest BCUT2D eigenvalue weighted by molar-refractivity contribution is 7.11. The first-order chi connectivity index (χ1) is 13.3. The number of hydrogen-bond acceptors (Lipinski definition) is 4. The minimum atomic E-state index is 0.565. The molecule has 1 atom stereocenters. The van der Waals surface area contributed by atoms with Gasteiger partial charge in [0.25, 0.3) is 0 Å². The van der Waals surface area contributed by atoms with Crippen LogP contribution in [0.2, 0.25) is 0 Å². The van der Waals surface area contributed by atoms with Gasteiger partial charge in [-0.2, -0.15) is 0 Å². The fraction of sp³-hybridized carbons (Fsp3) is 0.524. The van der Waals surface area contributed by atoms with E-state index in [4.69, 9.17) is 0 Å². The van der Waals surface area contributed by atoms with Gasteiger partial charge in [-0.1, -0.05) is 37.3 Å². The van der Waals surface area contributed by atoms with E-state index in [9.17, 15) is 0 Å². The fourth-order valence-corrected chi connectivity index (χ4v) is 4.36. The molecule has 0 amide bonds. The van der Waals surface area contributed by atoms with Gasteiger partial charge in [-0.05, 0) is 31.4 Å². The number of aryl methyl sites for hydroxylation is 1. The van der Waals surface area contributed by atoms with Gasteiger partial charge in [-0.25, -0.2) is 4.98 Å². The average Bonchev–Trinajstić information content (AvgIpc) is 3.34. The summed E-state index contributed by atoms with van der Waals surface area (Å²) in [5.41, 5.74) is 1.39. The summed E-state index contributed by atoms with van der Waals surface area (Å²) < 4.78 is 0. The van der Waals surface area contributed by atoms with Crippen LogP contribution in [-0.2, 0) is 19.4 Å². The van der Waals surface area contributed by atoms with E-state index in [1.54, 1.807) is 0 Å². The number of aromatic nitrogens is 1. The maximum absolute atomic E-state index is 4.48. The molecule has 1 saturated heterocycles. The first-order valence-corrected chi connectivity index (χ1v) is 10.8. The van der Waals surface area contributed by atoms with Crippen LogP contribution in [0.5, 0.6) is 0 Å². The van der Waals surface area contributed by atoms with Crippen molar-refractivity contribution in [1.82, 2.24) is 20.5 Å². The second kappa shape index (κ2) is 10.4. The molecular weight excluding hydrogens is 354 g/mol. The van der Waals surface area contributed by atoms with Gasteiger partial charge in [0.2, 0.25) is 0 Å². The molecule has 27 heavy (non-hydrogen) atoms. The highest BCUT2D eigenvalue weighted by Gasteiger charge is 2.24. The number of hydrogen-bond donors (Lipinski definition) is 2. The lowest BCUT2D eigenvalue weighted by Gasteiger charge is -2.25. The zero-order valence-electron chi connectivity index (χ0n) is 16.4. The topological polar surface area (TPSA) is 52.6 Å². The molecule has 1 aliphatic rings. The lowest BCUT2D eigenvalue weighted by Crippen LogP contribution is -2.45. The molecule has 1 unspecified atom stereocenters. The van der Waals surface area contributed by atoms with Crippen LogP contribution in [0.4, 0.5) is 0 Å². The minimum absolute atomic E-state index is 0.565. The summed E-state index contributed by atoms with van der Waals surface area (Å²) in [6.45, 7) is 6.17. The number of likely N-dealkylation sites (tertiary alicyclic amines) is 1. The first-order valence-electron chi connectivity index (χ1n) is 9.94. The summed E-state index contributed by atoms with van der Waals surface area (Å²) >= 11 is 1.81. The molecule has 0 bridgehead atoms. The zero-order valence-corrected chi connectivity index (χ0v) is 17.3. The number of guanidine groups is 1. The zero-order chi connectivity index (χ0) is 18.9. The Hall–Kier alpha value is -1.92. The van der Waals surface area contributed by atoms with Crippen LogP contribution in [-0.4, -0.2) is 48.6 Å². The number of nitrogens with one attached hydrogen (secondary N) is 2. The van der Waals surface area contributed by atoms with E-state index in [2.05, 4.69) is 62.8 Å². The fourth-order valence-electron chi connectivity index (χ4n) is 3.50. The second-order valence-corrected chi connectivity index (χ2v) is 8.16. The third kappa shape index (κ3) is 6.04. The highest BCUT2D eigenvalue weighted by atomic mass is 32.1. The van der Waals surface area contributed by atoms with E-state index >= 15 is 0 Å². The summed E-state index contributed by atoms with van der Waals surface area (Å²) in [7, 11) is 1.84. The molecule has 1 aromatic carbocycles. The minimum Gasteiger partial charge on any atom is -0.356 e. The largest absolute Gasteiger partial charge is 0.356 e. The first kappa shape index (κ1) is 19.8. The molecule has 0 radical (unpaired) electrons. The van der Waals surface area contributed by atoms with Gasteiger partial charge < -0.3 is 10.6 Å². The van der Waals surface area contributed by atoms with Crippen molar-refractivity contribution in [3.8, 4) is 0 Å². The van der Waals surface area contributed by atoms with Crippen molar-refractivity contribution in [2.24, 2.45) is 4.99 Å². The number of benzene rings is 1. The molecular formula is C21H31N5S. The Morgan fingerprint density at radius 1 is 1.30 bits per heavy atom. The van der Waals surface area contributed by atoms with Crippen LogP contribution in [0.1, 0.15) is 35.2 Å². The molecule has 5 nitrogen and oxygen atoms in total. The van der Waals surface area contributed by atoms with Crippen molar-refractivity contribution in [1.29, 1.82) is 0 Å². The summed E-state index contributed by atoms with van der Waals surface area (Å²) in [5, 5.41) is 8.12. The standard InChI is InChI=1S/C21H31N5S/c1-3-19-15-24-20(27-19)11-12-23-21(22-2)25-14-18-10-7-13-26(18)16-17-8-5-4-6-9-17/h4-6,8-9,15,18H,3,7,10-14,16H2,1-2H3,(H2,22,23,25). The number of thiazole rings is 1. The van der Waals surface area contributed by atoms with Gasteiger partial charge in [0.1, 0.15) is 0 Å². The Kier molecular flexibility index (Phi) is 7.66. The molecule has 6 heteroatoms. The van der Waals surface area contributed by atoms with Gasteiger partial charge in [0, 0.05) is 50.2 Å². The second-order valence-electron chi connectivity index (χ2n) is 6.96. The maximum atomic E-state index is 4.48. The van der Waals surface area contributed by atoms with E-state index in [1.807, 2.05) is 24.6 Å². The molecule has 3 rings (SSSR count). The molecule has 2 heterocycles. The lowest BCUT2D eigenvalue weighted by atomic mass is 10.2. The molecule has 1 aliphatic heterocycles. The van der Waals surface area contributed by atoms with Crippen LogP contribution < -0.4 is 10.6 Å². The predicted molar refractivity (Wildman–Crippen MR) is 114 cm³/mol. The highest BCUT2D eigenvalue weighted by Crippen LogP contribution is 2.19. The maximum Gasteiger partial charge on any atom is 0.191 e. The SMILES string of the molecule is CCc1cnc(CCNC(=NC)NCC2CCCN2Cc2ccccc2)s1.